The Morgan fingerprint density at radius 3 is 2.68 bits per heavy atom. The van der Waals surface area contributed by atoms with Gasteiger partial charge in [-0.1, -0.05) is 24.3 Å². The second kappa shape index (κ2) is 7.81. The second-order valence-electron chi connectivity index (χ2n) is 9.68. The summed E-state index contributed by atoms with van der Waals surface area (Å²) in [5, 5.41) is 0. The smallest absolute Gasteiger partial charge is 0.211 e. The van der Waals surface area contributed by atoms with Gasteiger partial charge in [0.25, 0.3) is 0 Å². The third-order valence-electron chi connectivity index (χ3n) is 6.71. The van der Waals surface area contributed by atoms with E-state index in [0.29, 0.717) is 0 Å². The van der Waals surface area contributed by atoms with Gasteiger partial charge in [0.15, 0.2) is 5.65 Å². The first-order valence-corrected chi connectivity index (χ1v) is 13.0. The van der Waals surface area contributed by atoms with Crippen molar-refractivity contribution in [2.75, 3.05) is 18.0 Å². The average molecular weight is 549 g/mol. The summed E-state index contributed by atoms with van der Waals surface area (Å²) in [6.45, 7) is 7.95. The molecule has 3 heterocycles. The minimum absolute atomic E-state index is 0.0817. The van der Waals surface area contributed by atoms with Crippen molar-refractivity contribution in [3.05, 3.63) is 57.6 Å². The Hall–Kier alpha value is -1.52. The number of aromatic nitrogens is 3. The van der Waals surface area contributed by atoms with Gasteiger partial charge >= 0.3 is 0 Å². The SMILES string of the molecule is CC(C)(C)S(=O)N[C@@H]1c2ccccc2CC12CCN(c1ncc(I)c3nccn13)CC2. The molecule has 0 radical (unpaired) electrons. The maximum atomic E-state index is 13.1. The molecule has 0 saturated carbocycles. The number of fused-ring (bicyclic) bond motifs is 2. The Labute approximate surface area is 199 Å². The van der Waals surface area contributed by atoms with E-state index in [-0.39, 0.29) is 16.2 Å². The van der Waals surface area contributed by atoms with Crippen molar-refractivity contribution in [1.82, 2.24) is 19.1 Å². The molecule has 3 aromatic rings. The van der Waals surface area contributed by atoms with E-state index < -0.39 is 11.0 Å². The van der Waals surface area contributed by atoms with E-state index >= 15 is 0 Å². The number of rotatable bonds is 3. The molecule has 5 rings (SSSR count). The first-order chi connectivity index (χ1) is 14.8. The summed E-state index contributed by atoms with van der Waals surface area (Å²) in [5.74, 6) is 0.959. The summed E-state index contributed by atoms with van der Waals surface area (Å²) in [5.41, 5.74) is 3.75. The molecule has 2 atom stereocenters. The number of hydrogen-bond acceptors (Lipinski definition) is 4. The maximum absolute atomic E-state index is 13.1. The van der Waals surface area contributed by atoms with Gasteiger partial charge in [-0.2, -0.15) is 0 Å². The summed E-state index contributed by atoms with van der Waals surface area (Å²) >= 11 is 2.29. The van der Waals surface area contributed by atoms with E-state index in [9.17, 15) is 4.21 Å². The van der Waals surface area contributed by atoms with Gasteiger partial charge < -0.3 is 4.90 Å². The standard InChI is InChI=1S/C23H28IN5OS/c1-22(2,3)31(30)27-19-17-7-5-4-6-16(17)14-23(19)8-11-28(12-9-23)21-26-15-18(24)20-25-10-13-29(20)21/h4-7,10,13,15,19,27H,8-9,11-12,14H2,1-3H3/t19-,31?/m1/s1. The summed E-state index contributed by atoms with van der Waals surface area (Å²) in [6, 6.07) is 8.79. The number of imidazole rings is 1. The Balaban J connectivity index is 1.43. The molecule has 1 aliphatic carbocycles. The predicted octanol–water partition coefficient (Wildman–Crippen LogP) is 4.27. The molecular weight excluding hydrogens is 521 g/mol. The van der Waals surface area contributed by atoms with Gasteiger partial charge in [0.05, 0.1) is 25.3 Å². The number of piperidine rings is 1. The lowest BCUT2D eigenvalue weighted by atomic mass is 9.73. The highest BCUT2D eigenvalue weighted by molar-refractivity contribution is 14.1. The minimum atomic E-state index is -1.11. The van der Waals surface area contributed by atoms with Gasteiger partial charge in [-0.05, 0) is 79.2 Å². The first-order valence-electron chi connectivity index (χ1n) is 10.8. The molecular formula is C23H28IN5OS. The first kappa shape index (κ1) is 21.3. The molecule has 31 heavy (non-hydrogen) atoms. The molecule has 1 aliphatic heterocycles. The number of nitrogens with zero attached hydrogens (tertiary/aromatic N) is 4. The zero-order valence-corrected chi connectivity index (χ0v) is 21.1. The molecule has 0 amide bonds. The Kier molecular flexibility index (Phi) is 5.37. The monoisotopic (exact) mass is 549 g/mol. The van der Waals surface area contributed by atoms with Crippen LogP contribution in [0.1, 0.15) is 50.8 Å². The number of benzene rings is 1. The van der Waals surface area contributed by atoms with Crippen molar-refractivity contribution in [3.63, 3.8) is 0 Å². The third kappa shape index (κ3) is 3.70. The van der Waals surface area contributed by atoms with Crippen LogP contribution in [-0.2, 0) is 17.4 Å². The van der Waals surface area contributed by atoms with Gasteiger partial charge in [0.1, 0.15) is 0 Å². The second-order valence-corrected chi connectivity index (χ2v) is 12.8. The molecule has 1 spiro atoms. The highest BCUT2D eigenvalue weighted by Gasteiger charge is 2.49. The van der Waals surface area contributed by atoms with Gasteiger partial charge in [-0.25, -0.2) is 18.9 Å². The average Bonchev–Trinajstić information content (AvgIpc) is 3.33. The molecule has 1 fully saturated rings. The van der Waals surface area contributed by atoms with Gasteiger partial charge in [0, 0.05) is 31.7 Å². The predicted molar refractivity (Wildman–Crippen MR) is 134 cm³/mol. The van der Waals surface area contributed by atoms with Crippen molar-refractivity contribution in [3.8, 4) is 0 Å². The highest BCUT2D eigenvalue weighted by atomic mass is 127. The molecule has 2 aromatic heterocycles. The van der Waals surface area contributed by atoms with Crippen LogP contribution in [0.4, 0.5) is 5.95 Å². The van der Waals surface area contributed by atoms with Crippen molar-refractivity contribution >= 4 is 45.2 Å². The van der Waals surface area contributed by atoms with Crippen LogP contribution in [0.15, 0.2) is 42.9 Å². The largest absolute Gasteiger partial charge is 0.342 e. The highest BCUT2D eigenvalue weighted by Crippen LogP contribution is 2.52. The fourth-order valence-corrected chi connectivity index (χ4v) is 6.47. The van der Waals surface area contributed by atoms with Crippen LogP contribution in [0, 0.1) is 8.99 Å². The van der Waals surface area contributed by atoms with E-state index in [4.69, 9.17) is 4.98 Å². The van der Waals surface area contributed by atoms with Crippen LogP contribution in [-0.4, -0.2) is 36.4 Å². The molecule has 6 nitrogen and oxygen atoms in total. The van der Waals surface area contributed by atoms with E-state index in [0.717, 1.165) is 47.5 Å². The lowest BCUT2D eigenvalue weighted by molar-refractivity contribution is 0.177. The molecule has 1 unspecified atom stereocenters. The van der Waals surface area contributed by atoms with Crippen LogP contribution in [0.5, 0.6) is 0 Å². The number of halogens is 1. The van der Waals surface area contributed by atoms with Crippen molar-refractivity contribution in [2.24, 2.45) is 5.41 Å². The van der Waals surface area contributed by atoms with Crippen molar-refractivity contribution in [1.29, 1.82) is 0 Å². The van der Waals surface area contributed by atoms with Crippen molar-refractivity contribution < 1.29 is 4.21 Å². The molecule has 0 bridgehead atoms. The Morgan fingerprint density at radius 2 is 1.94 bits per heavy atom. The van der Waals surface area contributed by atoms with Crippen LogP contribution in [0.2, 0.25) is 0 Å². The Bertz CT molecular complexity index is 1150. The molecule has 1 saturated heterocycles. The van der Waals surface area contributed by atoms with Crippen LogP contribution < -0.4 is 9.62 Å². The number of nitrogens with one attached hydrogen (secondary N) is 1. The van der Waals surface area contributed by atoms with Gasteiger partial charge in [-0.15, -0.1) is 0 Å². The normalized spacial score (nSPS) is 21.5. The quantitative estimate of drug-likeness (QED) is 0.496. The number of hydrogen-bond donors (Lipinski definition) is 1. The van der Waals surface area contributed by atoms with Gasteiger partial charge in [-0.3, -0.25) is 4.40 Å². The van der Waals surface area contributed by atoms with Gasteiger partial charge in [0.2, 0.25) is 5.95 Å². The van der Waals surface area contributed by atoms with Crippen LogP contribution in [0.25, 0.3) is 5.65 Å². The number of anilines is 1. The van der Waals surface area contributed by atoms with Crippen molar-refractivity contribution in [2.45, 2.75) is 50.8 Å². The minimum Gasteiger partial charge on any atom is -0.342 e. The molecule has 1 N–H and O–H groups in total. The van der Waals surface area contributed by atoms with E-state index in [1.807, 2.05) is 39.4 Å². The molecule has 8 heteroatoms. The maximum Gasteiger partial charge on any atom is 0.211 e. The molecule has 2 aliphatic rings. The van der Waals surface area contributed by atoms with E-state index in [1.54, 1.807) is 0 Å². The zero-order chi connectivity index (χ0) is 21.8. The zero-order valence-electron chi connectivity index (χ0n) is 18.1. The summed E-state index contributed by atoms with van der Waals surface area (Å²) in [4.78, 5) is 11.6. The topological polar surface area (TPSA) is 62.5 Å². The van der Waals surface area contributed by atoms with Crippen LogP contribution in [0.3, 0.4) is 0 Å². The molecule has 1 aromatic carbocycles. The van der Waals surface area contributed by atoms with Crippen LogP contribution >= 0.6 is 22.6 Å². The summed E-state index contributed by atoms with van der Waals surface area (Å²) in [7, 11) is -1.11. The summed E-state index contributed by atoms with van der Waals surface area (Å²) in [6.07, 6.45) is 8.84. The summed E-state index contributed by atoms with van der Waals surface area (Å²) < 4.78 is 19.5. The van der Waals surface area contributed by atoms with E-state index in [2.05, 4.69) is 65.9 Å². The molecule has 164 valence electrons. The third-order valence-corrected chi connectivity index (χ3v) is 9.03. The lowest BCUT2D eigenvalue weighted by Crippen LogP contribution is -2.48. The fourth-order valence-electron chi connectivity index (χ4n) is 4.99. The fraction of sp³-hybridized carbons (Fsp3) is 0.478. The lowest BCUT2D eigenvalue weighted by Gasteiger charge is -2.44. The Morgan fingerprint density at radius 1 is 1.19 bits per heavy atom. The van der Waals surface area contributed by atoms with E-state index in [1.165, 1.54) is 11.1 Å².